The summed E-state index contributed by atoms with van der Waals surface area (Å²) in [7, 11) is 1.73. The monoisotopic (exact) mass is 394 g/mol. The Morgan fingerprint density at radius 2 is 2.00 bits per heavy atom. The average Bonchev–Trinajstić information content (AvgIpc) is 3.34. The molecule has 0 spiro atoms. The molecule has 1 aromatic heterocycles. The number of carbonyl (C=O) groups is 2. The molecule has 1 aliphatic rings. The first kappa shape index (κ1) is 18.6. The number of nitrogens with one attached hydrogen (secondary N) is 2. The van der Waals surface area contributed by atoms with Crippen LogP contribution in [-0.4, -0.2) is 34.4 Å². The molecule has 9 heteroatoms. The van der Waals surface area contributed by atoms with Gasteiger partial charge in [0.2, 0.25) is 0 Å². The molecule has 26 heavy (non-hydrogen) atoms. The molecule has 138 valence electrons. The number of benzene rings is 1. The highest BCUT2D eigenvalue weighted by Gasteiger charge is 2.45. The van der Waals surface area contributed by atoms with Gasteiger partial charge < -0.3 is 9.30 Å². The summed E-state index contributed by atoms with van der Waals surface area (Å²) in [6.45, 7) is 0.249. The fourth-order valence-corrected chi connectivity index (χ4v) is 3.33. The number of halogens is 1. The Morgan fingerprint density at radius 3 is 2.58 bits per heavy atom. The lowest BCUT2D eigenvalue weighted by atomic mass is 9.97. The molecule has 0 aliphatic heterocycles. The van der Waals surface area contributed by atoms with Crippen molar-refractivity contribution in [2.45, 2.75) is 23.4 Å². The van der Waals surface area contributed by atoms with Gasteiger partial charge in [-0.25, -0.2) is 15.2 Å². The summed E-state index contributed by atoms with van der Waals surface area (Å²) in [4.78, 5) is 28.1. The molecule has 2 N–H and O–H groups in total. The quantitative estimate of drug-likeness (QED) is 0.601. The Hall–Kier alpha value is -2.19. The first-order valence-electron chi connectivity index (χ1n) is 8.00. The van der Waals surface area contributed by atoms with Gasteiger partial charge in [0.15, 0.2) is 5.16 Å². The van der Waals surface area contributed by atoms with E-state index in [-0.39, 0.29) is 12.0 Å². The van der Waals surface area contributed by atoms with Gasteiger partial charge in [-0.15, -0.1) is 0 Å². The van der Waals surface area contributed by atoms with Crippen LogP contribution in [0, 0.1) is 0 Å². The van der Waals surface area contributed by atoms with E-state index in [1.807, 2.05) is 30.5 Å². The fraction of sp³-hybridized carbons (Fsp3) is 0.353. The normalized spacial score (nSPS) is 14.6. The third kappa shape index (κ3) is 3.96. The van der Waals surface area contributed by atoms with Gasteiger partial charge in [-0.3, -0.25) is 10.2 Å². The highest BCUT2D eigenvalue weighted by molar-refractivity contribution is 7.98. The van der Waals surface area contributed by atoms with E-state index in [2.05, 4.69) is 15.8 Å². The first-order valence-corrected chi connectivity index (χ1v) is 9.60. The van der Waals surface area contributed by atoms with Gasteiger partial charge in [-0.1, -0.05) is 35.5 Å². The van der Waals surface area contributed by atoms with Crippen LogP contribution in [0.15, 0.2) is 35.6 Å². The van der Waals surface area contributed by atoms with Crippen molar-refractivity contribution in [1.82, 2.24) is 20.4 Å². The van der Waals surface area contributed by atoms with Crippen molar-refractivity contribution in [2.75, 3.05) is 12.9 Å². The molecule has 1 fully saturated rings. The third-order valence-electron chi connectivity index (χ3n) is 4.43. The highest BCUT2D eigenvalue weighted by Crippen LogP contribution is 2.48. The van der Waals surface area contributed by atoms with Crippen molar-refractivity contribution in [2.24, 2.45) is 7.05 Å². The maximum absolute atomic E-state index is 12.1. The smallest absolute Gasteiger partial charge is 0.426 e. The van der Waals surface area contributed by atoms with Crippen LogP contribution in [0.2, 0.25) is 5.02 Å². The van der Waals surface area contributed by atoms with Crippen molar-refractivity contribution in [1.29, 1.82) is 0 Å². The third-order valence-corrected chi connectivity index (χ3v) is 5.42. The molecular formula is C17H19ClN4O3S. The van der Waals surface area contributed by atoms with E-state index in [9.17, 15) is 9.59 Å². The van der Waals surface area contributed by atoms with E-state index in [4.69, 9.17) is 16.3 Å². The minimum atomic E-state index is -0.703. The summed E-state index contributed by atoms with van der Waals surface area (Å²) in [5.41, 5.74) is 5.88. The molecule has 2 aromatic rings. The van der Waals surface area contributed by atoms with Gasteiger partial charge in [0.1, 0.15) is 12.3 Å². The van der Waals surface area contributed by atoms with Crippen LogP contribution in [0.5, 0.6) is 0 Å². The highest BCUT2D eigenvalue weighted by atomic mass is 35.5. The molecule has 2 amide bonds. The molecule has 0 saturated heterocycles. The number of nitrogens with zero attached hydrogens (tertiary/aromatic N) is 2. The summed E-state index contributed by atoms with van der Waals surface area (Å²) in [6, 6.07) is 7.55. The number of thioether (sulfide) groups is 1. The van der Waals surface area contributed by atoms with Crippen LogP contribution in [0.4, 0.5) is 4.79 Å². The molecule has 0 bridgehead atoms. The Labute approximate surface area is 160 Å². The summed E-state index contributed by atoms with van der Waals surface area (Å²) >= 11 is 7.34. The van der Waals surface area contributed by atoms with Gasteiger partial charge >= 0.3 is 6.09 Å². The number of imidazole rings is 1. The zero-order chi connectivity index (χ0) is 18.7. The number of hydrazine groups is 1. The van der Waals surface area contributed by atoms with Gasteiger partial charge in [-0.2, -0.15) is 0 Å². The van der Waals surface area contributed by atoms with E-state index >= 15 is 0 Å². The number of ether oxygens (including phenoxy) is 1. The van der Waals surface area contributed by atoms with E-state index in [0.717, 1.165) is 18.4 Å². The number of aromatic nitrogens is 2. The number of amides is 2. The zero-order valence-corrected chi connectivity index (χ0v) is 16.0. The number of carbonyl (C=O) groups excluding carboxylic acids is 2. The second kappa shape index (κ2) is 7.59. The maximum Gasteiger partial charge on any atom is 0.426 e. The SMILES string of the molecule is CSc1ncc(C(=O)NNC(=O)OCC2(c3ccc(Cl)cc3)CC2)n1C. The molecule has 1 saturated carbocycles. The minimum absolute atomic E-state index is 0.152. The Kier molecular flexibility index (Phi) is 5.43. The summed E-state index contributed by atoms with van der Waals surface area (Å²) < 4.78 is 6.92. The minimum Gasteiger partial charge on any atom is -0.447 e. The molecule has 0 unspecified atom stereocenters. The standard InChI is InChI=1S/C17H19ClN4O3S/c1-22-13(9-19-15(22)26-2)14(23)20-21-16(24)25-10-17(7-8-17)11-3-5-12(18)6-4-11/h3-6,9H,7-8,10H2,1-2H3,(H,20,23)(H,21,24). The van der Waals surface area contributed by atoms with Crippen LogP contribution in [0.25, 0.3) is 0 Å². The predicted molar refractivity (Wildman–Crippen MR) is 99.3 cm³/mol. The van der Waals surface area contributed by atoms with Crippen LogP contribution < -0.4 is 10.9 Å². The molecule has 7 nitrogen and oxygen atoms in total. The second-order valence-corrected chi connectivity index (χ2v) is 7.34. The Bertz CT molecular complexity index is 818. The van der Waals surface area contributed by atoms with E-state index in [1.165, 1.54) is 18.0 Å². The average molecular weight is 395 g/mol. The van der Waals surface area contributed by atoms with Crippen molar-refractivity contribution in [3.05, 3.63) is 46.7 Å². The van der Waals surface area contributed by atoms with Crippen LogP contribution in [-0.2, 0) is 17.2 Å². The van der Waals surface area contributed by atoms with Gasteiger partial charge in [0, 0.05) is 17.5 Å². The lowest BCUT2D eigenvalue weighted by Gasteiger charge is -2.16. The van der Waals surface area contributed by atoms with Crippen LogP contribution >= 0.6 is 23.4 Å². The molecular weight excluding hydrogens is 376 g/mol. The van der Waals surface area contributed by atoms with Gasteiger partial charge in [-0.05, 0) is 36.8 Å². The van der Waals surface area contributed by atoms with Crippen LogP contribution in [0.3, 0.4) is 0 Å². The summed E-state index contributed by atoms with van der Waals surface area (Å²) in [6.07, 6.45) is 4.51. The van der Waals surface area contributed by atoms with Crippen molar-refractivity contribution >= 4 is 35.4 Å². The first-order chi connectivity index (χ1) is 12.4. The molecule has 0 atom stereocenters. The topological polar surface area (TPSA) is 85.2 Å². The zero-order valence-electron chi connectivity index (χ0n) is 14.4. The summed E-state index contributed by atoms with van der Waals surface area (Å²) in [5.74, 6) is -0.462. The van der Waals surface area contributed by atoms with Gasteiger partial charge in [0.05, 0.1) is 6.20 Å². The maximum atomic E-state index is 12.1. The van der Waals surface area contributed by atoms with Crippen molar-refractivity contribution < 1.29 is 14.3 Å². The lowest BCUT2D eigenvalue weighted by molar-refractivity contribution is 0.0894. The fourth-order valence-electron chi connectivity index (χ4n) is 2.68. The Morgan fingerprint density at radius 1 is 1.31 bits per heavy atom. The molecule has 3 rings (SSSR count). The predicted octanol–water partition coefficient (Wildman–Crippen LogP) is 2.90. The lowest BCUT2D eigenvalue weighted by Crippen LogP contribution is -2.43. The molecule has 1 aliphatic carbocycles. The number of hydrogen-bond donors (Lipinski definition) is 2. The van der Waals surface area contributed by atoms with E-state index in [0.29, 0.717) is 15.9 Å². The van der Waals surface area contributed by atoms with Gasteiger partial charge in [0.25, 0.3) is 5.91 Å². The summed E-state index contributed by atoms with van der Waals surface area (Å²) in [5, 5.41) is 1.38. The molecule has 0 radical (unpaired) electrons. The van der Waals surface area contributed by atoms with Crippen molar-refractivity contribution in [3.8, 4) is 0 Å². The van der Waals surface area contributed by atoms with Crippen molar-refractivity contribution in [3.63, 3.8) is 0 Å². The molecule has 1 aromatic carbocycles. The van der Waals surface area contributed by atoms with Crippen LogP contribution in [0.1, 0.15) is 28.9 Å². The van der Waals surface area contributed by atoms with E-state index < -0.39 is 12.0 Å². The second-order valence-electron chi connectivity index (χ2n) is 6.13. The largest absolute Gasteiger partial charge is 0.447 e. The molecule has 1 heterocycles. The number of hydrogen-bond acceptors (Lipinski definition) is 5. The number of rotatable bonds is 5. The van der Waals surface area contributed by atoms with E-state index in [1.54, 1.807) is 11.6 Å². The Balaban J connectivity index is 1.49.